The largest absolute Gasteiger partial charge is 0.341 e. The number of aryl methyl sites for hydroxylation is 1. The number of rotatable bonds is 5. The van der Waals surface area contributed by atoms with Crippen molar-refractivity contribution < 1.29 is 9.59 Å². The zero-order valence-electron chi connectivity index (χ0n) is 11.4. The fraction of sp³-hybridized carbons (Fsp3) is 0.545. The number of urea groups is 2. The van der Waals surface area contributed by atoms with E-state index in [9.17, 15) is 9.59 Å². The molecule has 4 N–H and O–H groups in total. The minimum absolute atomic E-state index is 0.225. The van der Waals surface area contributed by atoms with Gasteiger partial charge in [-0.05, 0) is 6.92 Å². The fourth-order valence-electron chi connectivity index (χ4n) is 1.48. The van der Waals surface area contributed by atoms with Crippen molar-refractivity contribution >= 4 is 17.9 Å². The van der Waals surface area contributed by atoms with Crippen molar-refractivity contribution in [1.82, 2.24) is 25.7 Å². The van der Waals surface area contributed by atoms with Crippen LogP contribution in [0, 0.1) is 0 Å². The van der Waals surface area contributed by atoms with E-state index in [0.717, 1.165) is 5.69 Å². The van der Waals surface area contributed by atoms with E-state index in [2.05, 4.69) is 26.4 Å². The Morgan fingerprint density at radius 3 is 2.68 bits per heavy atom. The minimum Gasteiger partial charge on any atom is -0.341 e. The number of hydrogen-bond donors (Lipinski definition) is 4. The molecule has 1 aromatic rings. The zero-order valence-corrected chi connectivity index (χ0v) is 11.4. The highest BCUT2D eigenvalue weighted by Crippen LogP contribution is 2.09. The van der Waals surface area contributed by atoms with Crippen LogP contribution < -0.4 is 21.3 Å². The summed E-state index contributed by atoms with van der Waals surface area (Å²) in [4.78, 5) is 22.4. The van der Waals surface area contributed by atoms with Crippen LogP contribution in [0.1, 0.15) is 12.6 Å². The molecule has 8 nitrogen and oxygen atoms in total. The number of anilines is 1. The van der Waals surface area contributed by atoms with E-state index < -0.39 is 0 Å². The molecule has 0 aliphatic heterocycles. The van der Waals surface area contributed by atoms with Gasteiger partial charge in [-0.15, -0.1) is 0 Å². The van der Waals surface area contributed by atoms with Crippen LogP contribution in [-0.2, 0) is 13.5 Å². The van der Waals surface area contributed by atoms with Crippen LogP contribution in [0.3, 0.4) is 0 Å². The predicted octanol–water partition coefficient (Wildman–Crippen LogP) is 0.0330. The van der Waals surface area contributed by atoms with Crippen molar-refractivity contribution in [2.75, 3.05) is 25.5 Å². The number of carbonyl (C=O) groups is 2. The summed E-state index contributed by atoms with van der Waals surface area (Å²) < 4.78 is 1.59. The summed E-state index contributed by atoms with van der Waals surface area (Å²) in [7, 11) is 3.31. The molecule has 0 aliphatic carbocycles. The predicted molar refractivity (Wildman–Crippen MR) is 72.1 cm³/mol. The molecule has 8 heteroatoms. The second-order valence-corrected chi connectivity index (χ2v) is 3.88. The fourth-order valence-corrected chi connectivity index (χ4v) is 1.48. The number of nitrogens with zero attached hydrogens (tertiary/aromatic N) is 2. The van der Waals surface area contributed by atoms with Gasteiger partial charge in [0.15, 0.2) is 0 Å². The van der Waals surface area contributed by atoms with Gasteiger partial charge in [0, 0.05) is 39.7 Å². The van der Waals surface area contributed by atoms with Gasteiger partial charge >= 0.3 is 12.1 Å². The zero-order chi connectivity index (χ0) is 14.3. The van der Waals surface area contributed by atoms with Gasteiger partial charge in [-0.2, -0.15) is 5.10 Å². The molecule has 0 aliphatic rings. The van der Waals surface area contributed by atoms with Crippen molar-refractivity contribution in [3.05, 3.63) is 11.8 Å². The molecule has 0 saturated heterocycles. The van der Waals surface area contributed by atoms with E-state index >= 15 is 0 Å². The lowest BCUT2D eigenvalue weighted by Gasteiger charge is -2.04. The van der Waals surface area contributed by atoms with E-state index in [1.807, 2.05) is 6.92 Å². The topological polar surface area (TPSA) is 100 Å². The molecule has 1 aromatic heterocycles. The molecule has 0 saturated carbocycles. The van der Waals surface area contributed by atoms with Crippen LogP contribution in [-0.4, -0.2) is 42.0 Å². The molecule has 0 aromatic carbocycles. The number of hydrogen-bond acceptors (Lipinski definition) is 3. The van der Waals surface area contributed by atoms with Gasteiger partial charge in [0.1, 0.15) is 5.82 Å². The van der Waals surface area contributed by atoms with Crippen LogP contribution >= 0.6 is 0 Å². The SMILES string of the molecule is CCNC(=O)Nc1cc(CCNC(=O)NC)nn1C. The van der Waals surface area contributed by atoms with Crippen LogP contribution in [0.4, 0.5) is 15.4 Å². The first-order chi connectivity index (χ1) is 9.06. The Kier molecular flexibility index (Phi) is 5.65. The normalized spacial score (nSPS) is 9.84. The average molecular weight is 268 g/mol. The monoisotopic (exact) mass is 268 g/mol. The van der Waals surface area contributed by atoms with Crippen molar-refractivity contribution in [1.29, 1.82) is 0 Å². The Bertz CT molecular complexity index is 442. The average Bonchev–Trinajstić information content (AvgIpc) is 2.70. The molecule has 106 valence electrons. The standard InChI is InChI=1S/C11H20N6O2/c1-4-13-11(19)15-9-7-8(16-17(9)3)5-6-14-10(18)12-2/h7H,4-6H2,1-3H3,(H2,12,14,18)(H2,13,15,19). The second-order valence-electron chi connectivity index (χ2n) is 3.88. The van der Waals surface area contributed by atoms with Gasteiger partial charge in [-0.3, -0.25) is 10.00 Å². The van der Waals surface area contributed by atoms with E-state index in [0.29, 0.717) is 25.3 Å². The van der Waals surface area contributed by atoms with E-state index in [4.69, 9.17) is 0 Å². The first-order valence-corrected chi connectivity index (χ1v) is 6.10. The quantitative estimate of drug-likeness (QED) is 0.606. The van der Waals surface area contributed by atoms with Gasteiger partial charge < -0.3 is 16.0 Å². The number of nitrogens with one attached hydrogen (secondary N) is 4. The summed E-state index contributed by atoms with van der Waals surface area (Å²) in [5, 5.41) is 14.7. The van der Waals surface area contributed by atoms with Gasteiger partial charge in [0.2, 0.25) is 0 Å². The summed E-state index contributed by atoms with van der Waals surface area (Å²) in [5.74, 6) is 0.612. The smallest absolute Gasteiger partial charge is 0.320 e. The molecule has 1 rings (SSSR count). The summed E-state index contributed by atoms with van der Waals surface area (Å²) in [6.07, 6.45) is 0.596. The third kappa shape index (κ3) is 4.86. The number of amides is 4. The van der Waals surface area contributed by atoms with Crippen LogP contribution in [0.2, 0.25) is 0 Å². The van der Waals surface area contributed by atoms with Gasteiger partial charge in [0.05, 0.1) is 5.69 Å². The molecule has 0 fully saturated rings. The Labute approximate surface area is 111 Å². The summed E-state index contributed by atoms with van der Waals surface area (Å²) in [6.45, 7) is 2.89. The van der Waals surface area contributed by atoms with Crippen molar-refractivity contribution in [3.8, 4) is 0 Å². The highest BCUT2D eigenvalue weighted by atomic mass is 16.2. The summed E-state index contributed by atoms with van der Waals surface area (Å²) in [5.41, 5.74) is 0.797. The summed E-state index contributed by atoms with van der Waals surface area (Å²) >= 11 is 0. The molecular weight excluding hydrogens is 248 g/mol. The van der Waals surface area contributed by atoms with Crippen molar-refractivity contribution in [3.63, 3.8) is 0 Å². The third-order valence-corrected chi connectivity index (χ3v) is 2.40. The third-order valence-electron chi connectivity index (χ3n) is 2.40. The lowest BCUT2D eigenvalue weighted by molar-refractivity contribution is 0.243. The highest BCUT2D eigenvalue weighted by Gasteiger charge is 2.08. The Morgan fingerprint density at radius 1 is 1.32 bits per heavy atom. The lowest BCUT2D eigenvalue weighted by atomic mass is 10.3. The lowest BCUT2D eigenvalue weighted by Crippen LogP contribution is -2.34. The van der Waals surface area contributed by atoms with Crippen LogP contribution in [0.25, 0.3) is 0 Å². The maximum Gasteiger partial charge on any atom is 0.320 e. The first kappa shape index (κ1) is 14.8. The molecule has 1 heterocycles. The Morgan fingerprint density at radius 2 is 2.05 bits per heavy atom. The first-order valence-electron chi connectivity index (χ1n) is 6.10. The molecule has 4 amide bonds. The Balaban J connectivity index is 2.49. The maximum absolute atomic E-state index is 11.4. The van der Waals surface area contributed by atoms with E-state index in [1.54, 1.807) is 24.8 Å². The molecule has 0 bridgehead atoms. The maximum atomic E-state index is 11.4. The number of aromatic nitrogens is 2. The minimum atomic E-state index is -0.263. The van der Waals surface area contributed by atoms with Crippen molar-refractivity contribution in [2.45, 2.75) is 13.3 Å². The van der Waals surface area contributed by atoms with Gasteiger partial charge in [-0.1, -0.05) is 0 Å². The Hall–Kier alpha value is -2.25. The molecular formula is C11H20N6O2. The van der Waals surface area contributed by atoms with Gasteiger partial charge in [-0.25, -0.2) is 9.59 Å². The van der Waals surface area contributed by atoms with Crippen LogP contribution in [0.15, 0.2) is 6.07 Å². The molecule has 0 unspecified atom stereocenters. The molecule has 19 heavy (non-hydrogen) atoms. The number of carbonyl (C=O) groups excluding carboxylic acids is 2. The van der Waals surface area contributed by atoms with E-state index in [1.165, 1.54) is 0 Å². The molecule has 0 atom stereocenters. The molecule has 0 radical (unpaired) electrons. The summed E-state index contributed by atoms with van der Waals surface area (Å²) in [6, 6.07) is 1.29. The molecule has 0 spiro atoms. The highest BCUT2D eigenvalue weighted by molar-refractivity contribution is 5.88. The second kappa shape index (κ2) is 7.24. The van der Waals surface area contributed by atoms with Crippen molar-refractivity contribution in [2.24, 2.45) is 7.05 Å². The van der Waals surface area contributed by atoms with E-state index in [-0.39, 0.29) is 12.1 Å². The van der Waals surface area contributed by atoms with Crippen LogP contribution in [0.5, 0.6) is 0 Å². The van der Waals surface area contributed by atoms with Gasteiger partial charge in [0.25, 0.3) is 0 Å².